The highest BCUT2D eigenvalue weighted by atomic mass is 32.1. The summed E-state index contributed by atoms with van der Waals surface area (Å²) in [5.74, 6) is -1.11. The number of fused-ring (bicyclic) bond motifs is 1. The molecule has 0 aliphatic carbocycles. The van der Waals surface area contributed by atoms with E-state index in [0.29, 0.717) is 22.7 Å². The first-order valence-electron chi connectivity index (χ1n) is 9.73. The maximum absolute atomic E-state index is 13.1. The molecule has 1 amide bonds. The number of aliphatic hydroxyl groups is 1. The number of aromatic nitrogens is 1. The summed E-state index contributed by atoms with van der Waals surface area (Å²) in [4.78, 5) is 31.5. The van der Waals surface area contributed by atoms with Crippen molar-refractivity contribution in [2.24, 2.45) is 0 Å². The zero-order valence-electron chi connectivity index (χ0n) is 16.5. The van der Waals surface area contributed by atoms with Gasteiger partial charge in [-0.2, -0.15) is 0 Å². The molecule has 0 bridgehead atoms. The summed E-state index contributed by atoms with van der Waals surface area (Å²) < 4.78 is 5.71. The van der Waals surface area contributed by atoms with E-state index in [4.69, 9.17) is 4.74 Å². The largest absolute Gasteiger partial charge is 0.508 e. The molecule has 0 saturated carbocycles. The van der Waals surface area contributed by atoms with Gasteiger partial charge in [-0.15, -0.1) is 11.3 Å². The third-order valence-corrected chi connectivity index (χ3v) is 6.20. The predicted octanol–water partition coefficient (Wildman–Crippen LogP) is 3.80. The van der Waals surface area contributed by atoms with E-state index in [2.05, 4.69) is 4.98 Å². The first kappa shape index (κ1) is 19.3. The number of hydrogen-bond acceptors (Lipinski definition) is 7. The molecule has 2 aromatic carbocycles. The van der Waals surface area contributed by atoms with Gasteiger partial charge < -0.3 is 14.9 Å². The molecule has 31 heavy (non-hydrogen) atoms. The van der Waals surface area contributed by atoms with Crippen molar-refractivity contribution in [3.8, 4) is 11.5 Å². The number of nitrogens with zero attached hydrogens (tertiary/aromatic N) is 2. The molecule has 2 atom stereocenters. The Morgan fingerprint density at radius 2 is 2.06 bits per heavy atom. The summed E-state index contributed by atoms with van der Waals surface area (Å²) in [5.41, 5.74) is 1.81. The third kappa shape index (κ3) is 3.16. The lowest BCUT2D eigenvalue weighted by Crippen LogP contribution is -2.29. The summed E-state index contributed by atoms with van der Waals surface area (Å²) in [7, 11) is 0. The molecule has 1 saturated heterocycles. The molecule has 7 nitrogen and oxygen atoms in total. The second-order valence-electron chi connectivity index (χ2n) is 7.53. The fraction of sp³-hybridized carbons (Fsp3) is 0.174. The molecule has 1 fully saturated rings. The van der Waals surface area contributed by atoms with Crippen LogP contribution in [0.1, 0.15) is 29.7 Å². The first-order valence-corrected chi connectivity index (χ1v) is 10.6. The lowest BCUT2D eigenvalue weighted by Gasteiger charge is -2.23. The van der Waals surface area contributed by atoms with Gasteiger partial charge in [-0.05, 0) is 48.4 Å². The van der Waals surface area contributed by atoms with Crippen LogP contribution in [0.5, 0.6) is 11.5 Å². The SMILES string of the molecule is C[C@@H]1Cc2cc(C(O)=C3C(=O)C(=O)N(c4nccs4)[C@H]3c3cccc(O)c3)ccc2O1. The van der Waals surface area contributed by atoms with E-state index in [1.165, 1.54) is 28.4 Å². The van der Waals surface area contributed by atoms with E-state index in [9.17, 15) is 19.8 Å². The topological polar surface area (TPSA) is 100.0 Å². The number of rotatable bonds is 3. The minimum absolute atomic E-state index is 0.00843. The van der Waals surface area contributed by atoms with Crippen LogP contribution >= 0.6 is 11.3 Å². The second-order valence-corrected chi connectivity index (χ2v) is 8.41. The van der Waals surface area contributed by atoms with Gasteiger partial charge in [-0.1, -0.05) is 12.1 Å². The van der Waals surface area contributed by atoms with E-state index >= 15 is 0 Å². The molecule has 0 spiro atoms. The number of phenolic OH excluding ortho intramolecular Hbond substituents is 1. The normalized spacial score (nSPS) is 21.9. The van der Waals surface area contributed by atoms with Gasteiger partial charge in [0.15, 0.2) is 5.13 Å². The molecular weight excluding hydrogens is 416 g/mol. The van der Waals surface area contributed by atoms with Crippen LogP contribution < -0.4 is 9.64 Å². The highest BCUT2D eigenvalue weighted by molar-refractivity contribution is 7.14. The molecule has 0 unspecified atom stereocenters. The number of ether oxygens (including phenoxy) is 1. The zero-order chi connectivity index (χ0) is 21.7. The predicted molar refractivity (Wildman–Crippen MR) is 115 cm³/mol. The van der Waals surface area contributed by atoms with Crippen molar-refractivity contribution in [2.75, 3.05) is 4.90 Å². The lowest BCUT2D eigenvalue weighted by atomic mass is 9.94. The van der Waals surface area contributed by atoms with Crippen molar-refractivity contribution in [3.05, 3.63) is 76.3 Å². The fourth-order valence-corrected chi connectivity index (χ4v) is 4.77. The Bertz CT molecular complexity index is 1230. The number of ketones is 1. The minimum atomic E-state index is -0.915. The Hall–Kier alpha value is -3.65. The second kappa shape index (κ2) is 7.24. The molecule has 0 radical (unpaired) electrons. The summed E-state index contributed by atoms with van der Waals surface area (Å²) in [6.45, 7) is 1.96. The van der Waals surface area contributed by atoms with E-state index in [-0.39, 0.29) is 23.2 Å². The molecule has 2 aliphatic rings. The van der Waals surface area contributed by atoms with Crippen molar-refractivity contribution >= 4 is 33.9 Å². The number of hydrogen-bond donors (Lipinski definition) is 2. The molecule has 2 aliphatic heterocycles. The first-order chi connectivity index (χ1) is 14.9. The lowest BCUT2D eigenvalue weighted by molar-refractivity contribution is -0.132. The number of carbonyl (C=O) groups is 2. The van der Waals surface area contributed by atoms with Crippen LogP contribution in [0, 0.1) is 0 Å². The Morgan fingerprint density at radius 1 is 1.23 bits per heavy atom. The number of aromatic hydroxyl groups is 1. The van der Waals surface area contributed by atoms with Gasteiger partial charge in [-0.3, -0.25) is 14.5 Å². The van der Waals surface area contributed by atoms with Crippen LogP contribution in [0.4, 0.5) is 5.13 Å². The molecule has 8 heteroatoms. The standard InChI is InChI=1S/C23H18N2O5S/c1-12-9-15-10-14(5-6-17(15)30-12)20(27)18-19(13-3-2-4-16(26)11-13)25(22(29)21(18)28)23-24-7-8-31-23/h2-8,10-12,19,26-27H,9H2,1H3/t12-,19+/m1/s1. The average molecular weight is 434 g/mol. The minimum Gasteiger partial charge on any atom is -0.508 e. The van der Waals surface area contributed by atoms with E-state index in [0.717, 1.165) is 11.3 Å². The van der Waals surface area contributed by atoms with E-state index < -0.39 is 17.7 Å². The number of Topliss-reactive ketones (excluding diaryl/α,β-unsaturated/α-hetero) is 1. The van der Waals surface area contributed by atoms with Gasteiger partial charge >= 0.3 is 5.91 Å². The summed E-state index contributed by atoms with van der Waals surface area (Å²) in [5, 5.41) is 23.2. The maximum Gasteiger partial charge on any atom is 0.301 e. The molecule has 2 N–H and O–H groups in total. The zero-order valence-corrected chi connectivity index (χ0v) is 17.3. The number of carbonyl (C=O) groups excluding carboxylic acids is 2. The average Bonchev–Trinajstić information content (AvgIpc) is 3.45. The number of thiazole rings is 1. The van der Waals surface area contributed by atoms with Crippen molar-refractivity contribution in [1.82, 2.24) is 4.98 Å². The van der Waals surface area contributed by atoms with Crippen LogP contribution in [0.15, 0.2) is 59.6 Å². The quantitative estimate of drug-likeness (QED) is 0.370. The summed E-state index contributed by atoms with van der Waals surface area (Å²) in [6.07, 6.45) is 2.27. The Labute approximate surface area is 181 Å². The molecular formula is C23H18N2O5S. The number of phenols is 1. The Balaban J connectivity index is 1.69. The van der Waals surface area contributed by atoms with Crippen molar-refractivity contribution < 1.29 is 24.5 Å². The number of aliphatic hydroxyl groups excluding tert-OH is 1. The van der Waals surface area contributed by atoms with Crippen LogP contribution in [-0.4, -0.2) is 33.0 Å². The number of anilines is 1. The van der Waals surface area contributed by atoms with Crippen molar-refractivity contribution in [3.63, 3.8) is 0 Å². The Kier molecular flexibility index (Phi) is 4.51. The molecule has 1 aromatic heterocycles. The van der Waals surface area contributed by atoms with Gasteiger partial charge in [0.05, 0.1) is 11.6 Å². The maximum atomic E-state index is 13.1. The molecule has 156 valence electrons. The van der Waals surface area contributed by atoms with Crippen LogP contribution in [0.2, 0.25) is 0 Å². The van der Waals surface area contributed by atoms with Crippen molar-refractivity contribution in [1.29, 1.82) is 0 Å². The van der Waals surface area contributed by atoms with E-state index in [1.54, 1.807) is 41.9 Å². The van der Waals surface area contributed by atoms with Gasteiger partial charge in [-0.25, -0.2) is 4.98 Å². The van der Waals surface area contributed by atoms with Crippen LogP contribution in [-0.2, 0) is 16.0 Å². The van der Waals surface area contributed by atoms with Crippen molar-refractivity contribution in [2.45, 2.75) is 25.5 Å². The van der Waals surface area contributed by atoms with Gasteiger partial charge in [0.25, 0.3) is 5.78 Å². The number of benzene rings is 2. The van der Waals surface area contributed by atoms with Gasteiger partial charge in [0.1, 0.15) is 23.4 Å². The summed E-state index contributed by atoms with van der Waals surface area (Å²) in [6, 6.07) is 10.6. The third-order valence-electron chi connectivity index (χ3n) is 5.43. The van der Waals surface area contributed by atoms with Gasteiger partial charge in [0, 0.05) is 23.6 Å². The summed E-state index contributed by atoms with van der Waals surface area (Å²) >= 11 is 1.21. The monoisotopic (exact) mass is 434 g/mol. The van der Waals surface area contributed by atoms with Crippen LogP contribution in [0.25, 0.3) is 5.76 Å². The highest BCUT2D eigenvalue weighted by Gasteiger charge is 2.48. The Morgan fingerprint density at radius 3 is 2.81 bits per heavy atom. The van der Waals surface area contributed by atoms with Crippen LogP contribution in [0.3, 0.4) is 0 Å². The highest BCUT2D eigenvalue weighted by Crippen LogP contribution is 2.43. The molecule has 3 heterocycles. The molecule has 5 rings (SSSR count). The smallest absolute Gasteiger partial charge is 0.301 e. The van der Waals surface area contributed by atoms with E-state index in [1.807, 2.05) is 6.92 Å². The fourth-order valence-electron chi connectivity index (χ4n) is 4.10. The number of amides is 1. The van der Waals surface area contributed by atoms with Gasteiger partial charge in [0.2, 0.25) is 0 Å². The molecule has 3 aromatic rings.